The zero-order valence-electron chi connectivity index (χ0n) is 26.9. The quantitative estimate of drug-likeness (QED) is 0.141. The van der Waals surface area contributed by atoms with Gasteiger partial charge in [-0.2, -0.15) is 0 Å². The summed E-state index contributed by atoms with van der Waals surface area (Å²) >= 11 is 0. The van der Waals surface area contributed by atoms with Crippen LogP contribution in [0.3, 0.4) is 0 Å². The maximum absolute atomic E-state index is 11.7. The number of ether oxygens (including phenoxy) is 2. The van der Waals surface area contributed by atoms with Gasteiger partial charge in [0.2, 0.25) is 0 Å². The second-order valence-corrected chi connectivity index (χ2v) is 14.6. The Balaban J connectivity index is 1.84. The second-order valence-electron chi connectivity index (χ2n) is 12.7. The Bertz CT molecular complexity index is 1550. The molecule has 0 saturated heterocycles. The summed E-state index contributed by atoms with van der Waals surface area (Å²) in [6, 6.07) is 36.0. The van der Waals surface area contributed by atoms with Crippen LogP contribution < -0.4 is 4.74 Å². The largest absolute Gasteiger partial charge is 0.746 e. The molecule has 4 aromatic rings. The zero-order valence-corrected chi connectivity index (χ0v) is 27.7. The second kappa shape index (κ2) is 13.7. The summed E-state index contributed by atoms with van der Waals surface area (Å²) in [5.41, 5.74) is 6.27. The summed E-state index contributed by atoms with van der Waals surface area (Å²) in [7, 11) is -4.63. The Morgan fingerprint density at radius 1 is 0.636 bits per heavy atom. The average molecular weight is 614 g/mol. The molecule has 0 aliphatic carbocycles. The highest BCUT2D eigenvalue weighted by molar-refractivity contribution is 7.86. The van der Waals surface area contributed by atoms with Crippen LogP contribution in [0.15, 0.2) is 103 Å². The van der Waals surface area contributed by atoms with Gasteiger partial charge in [0.1, 0.15) is 21.5 Å². The van der Waals surface area contributed by atoms with E-state index in [0.29, 0.717) is 6.42 Å². The lowest BCUT2D eigenvalue weighted by molar-refractivity contribution is -0.00123. The van der Waals surface area contributed by atoms with Crippen LogP contribution in [0.1, 0.15) is 106 Å². The minimum Gasteiger partial charge on any atom is -0.746 e. The van der Waals surface area contributed by atoms with Crippen molar-refractivity contribution in [1.82, 2.24) is 0 Å². The molecule has 5 nitrogen and oxygen atoms in total. The first-order valence-corrected chi connectivity index (χ1v) is 16.7. The maximum atomic E-state index is 11.7. The van der Waals surface area contributed by atoms with Gasteiger partial charge in [-0.1, -0.05) is 124 Å². The van der Waals surface area contributed by atoms with Crippen molar-refractivity contribution in [2.45, 2.75) is 83.2 Å². The lowest BCUT2D eigenvalue weighted by Crippen LogP contribution is -2.38. The Labute approximate surface area is 264 Å². The molecule has 4 aromatic carbocycles. The van der Waals surface area contributed by atoms with E-state index in [1.807, 2.05) is 32.0 Å². The van der Waals surface area contributed by atoms with E-state index in [2.05, 4.69) is 106 Å². The molecule has 0 N–H and O–H groups in total. The number of hydrogen-bond donors (Lipinski definition) is 0. The van der Waals surface area contributed by atoms with E-state index in [4.69, 9.17) is 9.47 Å². The average Bonchev–Trinajstić information content (AvgIpc) is 3.00. The smallest absolute Gasteiger partial charge is 0.151 e. The van der Waals surface area contributed by atoms with E-state index in [-0.39, 0.29) is 24.4 Å². The van der Waals surface area contributed by atoms with Gasteiger partial charge in [-0.25, -0.2) is 8.42 Å². The van der Waals surface area contributed by atoms with E-state index < -0.39 is 20.7 Å². The molecule has 0 aromatic heterocycles. The molecule has 0 aliphatic heterocycles. The van der Waals surface area contributed by atoms with E-state index in [0.717, 1.165) is 16.9 Å². The number of rotatable bonds is 13. The molecule has 0 aliphatic rings. The Hall–Kier alpha value is -3.45. The summed E-state index contributed by atoms with van der Waals surface area (Å²) in [5, 5.41) is 0. The zero-order chi connectivity index (χ0) is 32.1. The number of benzene rings is 4. The maximum Gasteiger partial charge on any atom is 0.151 e. The molecule has 234 valence electrons. The van der Waals surface area contributed by atoms with Crippen molar-refractivity contribution in [3.8, 4) is 5.75 Å². The van der Waals surface area contributed by atoms with Crippen LogP contribution in [0.4, 0.5) is 0 Å². The number of hydrogen-bond acceptors (Lipinski definition) is 5. The summed E-state index contributed by atoms with van der Waals surface area (Å²) in [6.45, 7) is 13.2. The van der Waals surface area contributed by atoms with Crippen molar-refractivity contribution >= 4 is 10.1 Å². The minimum absolute atomic E-state index is 0.0347. The van der Waals surface area contributed by atoms with Gasteiger partial charge < -0.3 is 14.0 Å². The summed E-state index contributed by atoms with van der Waals surface area (Å²) in [6.07, 6.45) is 0.381. The third-order valence-corrected chi connectivity index (χ3v) is 9.96. The van der Waals surface area contributed by atoms with Gasteiger partial charge in [0.15, 0.2) is 4.93 Å². The van der Waals surface area contributed by atoms with Gasteiger partial charge in [-0.05, 0) is 49.9 Å². The monoisotopic (exact) mass is 613 g/mol. The molecule has 3 unspecified atom stereocenters. The molecular formula is C38H45O5S-. The van der Waals surface area contributed by atoms with E-state index in [1.54, 1.807) is 0 Å². The summed E-state index contributed by atoms with van der Waals surface area (Å²) in [4.78, 5) is -1.82. The van der Waals surface area contributed by atoms with E-state index in [9.17, 15) is 13.0 Å². The molecule has 0 amide bonds. The molecule has 0 radical (unpaired) electrons. The van der Waals surface area contributed by atoms with Gasteiger partial charge in [0.05, 0.1) is 6.61 Å². The fraction of sp³-hybridized carbons (Fsp3) is 0.368. The minimum atomic E-state index is -4.63. The molecule has 0 bridgehead atoms. The molecular weight excluding hydrogens is 568 g/mol. The molecule has 0 saturated carbocycles. The topological polar surface area (TPSA) is 75.7 Å². The fourth-order valence-corrected chi connectivity index (χ4v) is 5.66. The van der Waals surface area contributed by atoms with Gasteiger partial charge in [-0.15, -0.1) is 0 Å². The van der Waals surface area contributed by atoms with Crippen molar-refractivity contribution in [3.05, 3.63) is 137 Å². The lowest BCUT2D eigenvalue weighted by atomic mass is 9.81. The van der Waals surface area contributed by atoms with Crippen LogP contribution in [0.5, 0.6) is 5.75 Å². The molecule has 0 spiro atoms. The first-order chi connectivity index (χ1) is 20.7. The van der Waals surface area contributed by atoms with Gasteiger partial charge >= 0.3 is 0 Å². The third kappa shape index (κ3) is 7.98. The van der Waals surface area contributed by atoms with Crippen molar-refractivity contribution in [2.24, 2.45) is 0 Å². The van der Waals surface area contributed by atoms with Crippen LogP contribution >= 0.6 is 0 Å². The molecule has 0 fully saturated rings. The van der Waals surface area contributed by atoms with Gasteiger partial charge in [0, 0.05) is 35.3 Å². The summed E-state index contributed by atoms with van der Waals surface area (Å²) < 4.78 is 47.6. The van der Waals surface area contributed by atoms with Crippen LogP contribution in [0, 0.1) is 0 Å². The molecule has 3 atom stereocenters. The fourth-order valence-electron chi connectivity index (χ4n) is 5.43. The van der Waals surface area contributed by atoms with Gasteiger partial charge in [-0.3, -0.25) is 0 Å². The normalized spacial score (nSPS) is 14.5. The first kappa shape index (κ1) is 33.4. The van der Waals surface area contributed by atoms with Crippen molar-refractivity contribution in [2.75, 3.05) is 6.61 Å². The first-order valence-electron chi connectivity index (χ1n) is 15.3. The van der Waals surface area contributed by atoms with Crippen molar-refractivity contribution in [1.29, 1.82) is 0 Å². The summed E-state index contributed by atoms with van der Waals surface area (Å²) in [5.74, 6) is 1.05. The Kier molecular flexibility index (Phi) is 10.4. The third-order valence-electron chi connectivity index (χ3n) is 8.63. The Morgan fingerprint density at radius 3 is 1.41 bits per heavy atom. The van der Waals surface area contributed by atoms with Crippen LogP contribution in [0.25, 0.3) is 0 Å². The predicted octanol–water partition coefficient (Wildman–Crippen LogP) is 8.99. The Morgan fingerprint density at radius 2 is 1.02 bits per heavy atom. The van der Waals surface area contributed by atoms with Crippen molar-refractivity contribution < 1.29 is 22.4 Å². The molecule has 44 heavy (non-hydrogen) atoms. The predicted molar refractivity (Wildman–Crippen MR) is 177 cm³/mol. The highest BCUT2D eigenvalue weighted by Crippen LogP contribution is 2.44. The van der Waals surface area contributed by atoms with E-state index in [1.165, 1.54) is 36.1 Å². The van der Waals surface area contributed by atoms with E-state index >= 15 is 0 Å². The molecule has 6 heteroatoms. The van der Waals surface area contributed by atoms with Crippen LogP contribution in [-0.4, -0.2) is 30.1 Å². The molecule has 4 rings (SSSR count). The SMILES string of the molecule is CC(c1ccccc1)c1cc(C(C)c2ccccc2)c(OC(C)(C)CCOC(C)(C)S(=O)(=O)[O-])c(C(C)c2ccccc2)c1. The highest BCUT2D eigenvalue weighted by atomic mass is 32.2. The van der Waals surface area contributed by atoms with Crippen LogP contribution in [0.2, 0.25) is 0 Å². The molecule has 0 heterocycles. The van der Waals surface area contributed by atoms with Crippen molar-refractivity contribution in [3.63, 3.8) is 0 Å². The highest BCUT2D eigenvalue weighted by Gasteiger charge is 2.31. The standard InChI is InChI=1S/C38H46O5S/c1-27(30-17-11-8-12-18-30)33-25-34(28(2)31-19-13-9-14-20-31)36(35(26-33)29(3)32-21-15-10-16-22-32)43-37(4,5)23-24-42-38(6,7)44(39,40)41/h8-22,25-29H,23-24H2,1-7H3,(H,39,40,41)/p-1. The van der Waals surface area contributed by atoms with Gasteiger partial charge in [0.25, 0.3) is 0 Å². The van der Waals surface area contributed by atoms with Crippen LogP contribution in [-0.2, 0) is 14.9 Å². The lowest BCUT2D eigenvalue weighted by Gasteiger charge is -2.34.